The zero-order valence-electron chi connectivity index (χ0n) is 14.1. The Kier molecular flexibility index (Phi) is 5.88. The summed E-state index contributed by atoms with van der Waals surface area (Å²) in [6.45, 7) is 4.66. The van der Waals surface area contributed by atoms with Crippen LogP contribution >= 0.6 is 11.6 Å². The molecule has 0 radical (unpaired) electrons. The molecule has 0 saturated carbocycles. The van der Waals surface area contributed by atoms with Crippen LogP contribution in [0.4, 0.5) is 0 Å². The molecule has 2 rings (SSSR count). The van der Waals surface area contributed by atoms with Crippen LogP contribution in [0.25, 0.3) is 0 Å². The first-order valence-corrected chi connectivity index (χ1v) is 8.51. The molecule has 6 heteroatoms. The summed E-state index contributed by atoms with van der Waals surface area (Å²) in [6.07, 6.45) is 1.54. The minimum Gasteiger partial charge on any atom is -0.481 e. The number of rotatable bonds is 6. The van der Waals surface area contributed by atoms with Crippen LogP contribution < -0.4 is 5.32 Å². The molecule has 24 heavy (non-hydrogen) atoms. The van der Waals surface area contributed by atoms with E-state index < -0.39 is 16.8 Å². The van der Waals surface area contributed by atoms with Gasteiger partial charge in [-0.1, -0.05) is 23.7 Å². The third-order valence-corrected chi connectivity index (χ3v) is 5.01. The van der Waals surface area contributed by atoms with Gasteiger partial charge in [0.2, 0.25) is 5.91 Å². The van der Waals surface area contributed by atoms with Crippen molar-refractivity contribution in [3.63, 3.8) is 0 Å². The summed E-state index contributed by atoms with van der Waals surface area (Å²) in [5, 5.41) is 12.7. The van der Waals surface area contributed by atoms with Gasteiger partial charge in [0.05, 0.1) is 10.8 Å². The first-order valence-electron chi connectivity index (χ1n) is 8.13. The Labute approximate surface area is 147 Å². The van der Waals surface area contributed by atoms with Crippen LogP contribution in [0.2, 0.25) is 5.02 Å². The van der Waals surface area contributed by atoms with E-state index in [1.54, 1.807) is 19.9 Å². The number of hydrogen-bond acceptors (Lipinski definition) is 3. The van der Waals surface area contributed by atoms with Crippen LogP contribution in [0.15, 0.2) is 24.3 Å². The molecule has 1 amide bonds. The standard InChI is InChI=1S/C18H24ClNO4/c1-17(2,16(22)23)6-9-20-15(21)18(7-10-24-11-8-18)13-4-3-5-14(19)12-13/h3-5,12H,6-11H2,1-2H3,(H,20,21)(H,22,23). The lowest BCUT2D eigenvalue weighted by atomic mass is 9.73. The average Bonchev–Trinajstić information content (AvgIpc) is 2.55. The fourth-order valence-electron chi connectivity index (χ4n) is 2.92. The van der Waals surface area contributed by atoms with Crippen molar-refractivity contribution in [1.29, 1.82) is 0 Å². The van der Waals surface area contributed by atoms with Gasteiger partial charge in [0, 0.05) is 24.8 Å². The zero-order valence-corrected chi connectivity index (χ0v) is 14.9. The van der Waals surface area contributed by atoms with Crippen molar-refractivity contribution in [2.75, 3.05) is 19.8 Å². The smallest absolute Gasteiger partial charge is 0.309 e. The lowest BCUT2D eigenvalue weighted by molar-refractivity contribution is -0.147. The molecule has 2 N–H and O–H groups in total. The Hall–Kier alpha value is -1.59. The number of hydrogen-bond donors (Lipinski definition) is 2. The largest absolute Gasteiger partial charge is 0.481 e. The van der Waals surface area contributed by atoms with Crippen LogP contribution in [0.5, 0.6) is 0 Å². The van der Waals surface area contributed by atoms with Crippen molar-refractivity contribution in [1.82, 2.24) is 5.32 Å². The van der Waals surface area contributed by atoms with Gasteiger partial charge in [-0.05, 0) is 50.8 Å². The fraction of sp³-hybridized carbons (Fsp3) is 0.556. The molecule has 1 aromatic rings. The fourth-order valence-corrected chi connectivity index (χ4v) is 3.11. The predicted octanol–water partition coefficient (Wildman–Crippen LogP) is 3.01. The van der Waals surface area contributed by atoms with E-state index in [2.05, 4.69) is 5.32 Å². The quantitative estimate of drug-likeness (QED) is 0.824. The van der Waals surface area contributed by atoms with E-state index in [4.69, 9.17) is 16.3 Å². The number of carbonyl (C=O) groups is 2. The topological polar surface area (TPSA) is 75.6 Å². The van der Waals surface area contributed by atoms with E-state index in [-0.39, 0.29) is 5.91 Å². The summed E-state index contributed by atoms with van der Waals surface area (Å²) < 4.78 is 5.43. The molecule has 1 fully saturated rings. The minimum atomic E-state index is -0.869. The molecule has 132 valence electrons. The van der Waals surface area contributed by atoms with Gasteiger partial charge in [0.15, 0.2) is 0 Å². The number of halogens is 1. The third kappa shape index (κ3) is 4.08. The van der Waals surface area contributed by atoms with Crippen molar-refractivity contribution >= 4 is 23.5 Å². The number of carboxylic acids is 1. The summed E-state index contributed by atoms with van der Waals surface area (Å²) in [4.78, 5) is 24.1. The Morgan fingerprint density at radius 3 is 2.58 bits per heavy atom. The van der Waals surface area contributed by atoms with Crippen LogP contribution in [0.3, 0.4) is 0 Å². The van der Waals surface area contributed by atoms with E-state index in [9.17, 15) is 14.7 Å². The van der Waals surface area contributed by atoms with Crippen LogP contribution in [-0.2, 0) is 19.7 Å². The van der Waals surface area contributed by atoms with Crippen LogP contribution in [0.1, 0.15) is 38.7 Å². The number of aliphatic carboxylic acids is 1. The van der Waals surface area contributed by atoms with Gasteiger partial charge in [-0.15, -0.1) is 0 Å². The molecule has 0 aliphatic carbocycles. The highest BCUT2D eigenvalue weighted by Crippen LogP contribution is 2.36. The van der Waals surface area contributed by atoms with Gasteiger partial charge in [-0.2, -0.15) is 0 Å². The second-order valence-electron chi connectivity index (χ2n) is 6.90. The number of amides is 1. The van der Waals surface area contributed by atoms with Crippen molar-refractivity contribution in [3.05, 3.63) is 34.9 Å². The maximum atomic E-state index is 12.9. The average molecular weight is 354 g/mol. The molecule has 0 aromatic heterocycles. The molecule has 0 spiro atoms. The Balaban J connectivity index is 2.13. The molecule has 1 saturated heterocycles. The highest BCUT2D eigenvalue weighted by atomic mass is 35.5. The second kappa shape index (κ2) is 7.53. The summed E-state index contributed by atoms with van der Waals surface area (Å²) in [5.41, 5.74) is -0.656. The SMILES string of the molecule is CC(C)(CCNC(=O)C1(c2cccc(Cl)c2)CCOCC1)C(=O)O. The predicted molar refractivity (Wildman–Crippen MR) is 92.2 cm³/mol. The third-order valence-electron chi connectivity index (χ3n) is 4.77. The highest BCUT2D eigenvalue weighted by molar-refractivity contribution is 6.30. The van der Waals surface area contributed by atoms with E-state index in [1.165, 1.54) is 0 Å². The van der Waals surface area contributed by atoms with E-state index in [0.717, 1.165) is 5.56 Å². The van der Waals surface area contributed by atoms with Crippen molar-refractivity contribution in [2.24, 2.45) is 5.41 Å². The summed E-state index contributed by atoms with van der Waals surface area (Å²) in [6, 6.07) is 7.37. The Morgan fingerprint density at radius 2 is 2.00 bits per heavy atom. The molecule has 0 bridgehead atoms. The molecule has 1 aromatic carbocycles. The van der Waals surface area contributed by atoms with Gasteiger partial charge < -0.3 is 15.2 Å². The van der Waals surface area contributed by atoms with Crippen LogP contribution in [0, 0.1) is 5.41 Å². The summed E-state index contributed by atoms with van der Waals surface area (Å²) in [5.74, 6) is -0.957. The Bertz CT molecular complexity index is 609. The number of nitrogens with one attached hydrogen (secondary N) is 1. The highest BCUT2D eigenvalue weighted by Gasteiger charge is 2.41. The van der Waals surface area contributed by atoms with E-state index in [0.29, 0.717) is 44.0 Å². The van der Waals surface area contributed by atoms with Crippen molar-refractivity contribution < 1.29 is 19.4 Å². The minimum absolute atomic E-state index is 0.0887. The molecule has 0 atom stereocenters. The molecule has 1 aliphatic heterocycles. The lowest BCUT2D eigenvalue weighted by Gasteiger charge is -2.36. The maximum Gasteiger partial charge on any atom is 0.309 e. The van der Waals surface area contributed by atoms with Gasteiger partial charge in [-0.3, -0.25) is 9.59 Å². The molecule has 5 nitrogen and oxygen atoms in total. The molecule has 0 unspecified atom stereocenters. The lowest BCUT2D eigenvalue weighted by Crippen LogP contribution is -2.48. The molecule has 1 heterocycles. The maximum absolute atomic E-state index is 12.9. The van der Waals surface area contributed by atoms with Gasteiger partial charge in [-0.25, -0.2) is 0 Å². The van der Waals surface area contributed by atoms with Crippen LogP contribution in [-0.4, -0.2) is 36.7 Å². The van der Waals surface area contributed by atoms with Gasteiger partial charge >= 0.3 is 5.97 Å². The monoisotopic (exact) mass is 353 g/mol. The molecule has 1 aliphatic rings. The Morgan fingerprint density at radius 1 is 1.33 bits per heavy atom. The first kappa shape index (κ1) is 18.7. The number of ether oxygens (including phenoxy) is 1. The number of carbonyl (C=O) groups excluding carboxylic acids is 1. The molecular formula is C18H24ClNO4. The van der Waals surface area contributed by atoms with Crippen molar-refractivity contribution in [2.45, 2.75) is 38.5 Å². The summed E-state index contributed by atoms with van der Waals surface area (Å²) in [7, 11) is 0. The van der Waals surface area contributed by atoms with Gasteiger partial charge in [0.1, 0.15) is 0 Å². The normalized spacial score (nSPS) is 17.3. The number of benzene rings is 1. The molecular weight excluding hydrogens is 330 g/mol. The van der Waals surface area contributed by atoms with E-state index in [1.807, 2.05) is 18.2 Å². The van der Waals surface area contributed by atoms with Crippen molar-refractivity contribution in [3.8, 4) is 0 Å². The number of carboxylic acid groups (broad SMARTS) is 1. The van der Waals surface area contributed by atoms with E-state index >= 15 is 0 Å². The summed E-state index contributed by atoms with van der Waals surface area (Å²) >= 11 is 6.10. The van der Waals surface area contributed by atoms with Gasteiger partial charge in [0.25, 0.3) is 0 Å². The zero-order chi connectivity index (χ0) is 17.8. The second-order valence-corrected chi connectivity index (χ2v) is 7.34. The first-order chi connectivity index (χ1) is 11.3.